The molecule has 0 aliphatic carbocycles. The van der Waals surface area contributed by atoms with Crippen LogP contribution in [0, 0.1) is 20.2 Å². The van der Waals surface area contributed by atoms with Gasteiger partial charge in [0.25, 0.3) is 11.4 Å². The minimum Gasteiger partial charge on any atom is -0.398 e. The van der Waals surface area contributed by atoms with Crippen LogP contribution in [0.3, 0.4) is 0 Å². The van der Waals surface area contributed by atoms with E-state index < -0.39 is 42.6 Å². The maximum atomic E-state index is 12.6. The number of anilines is 2. The largest absolute Gasteiger partial charge is 0.398 e. The monoisotopic (exact) mass is 522 g/mol. The summed E-state index contributed by atoms with van der Waals surface area (Å²) in [5, 5.41) is 22.4. The minimum absolute atomic E-state index is 0.117. The quantitative estimate of drug-likeness (QED) is 0.329. The van der Waals surface area contributed by atoms with Crippen molar-refractivity contribution in [2.75, 3.05) is 11.5 Å². The molecular weight excluding hydrogens is 512 g/mol. The smallest absolute Gasteiger partial charge is 0.274 e. The molecule has 144 valence electrons. The summed E-state index contributed by atoms with van der Waals surface area (Å²) in [4.78, 5) is 20.9. The lowest BCUT2D eigenvalue weighted by Crippen LogP contribution is -2.11. The SMILES string of the molecule is Nc1cc(CS(=O)(=O)Cc2cc(N)c(Br)cc2[N+](=O)[O-])c([N+](=O)[O-])cc1Br. The molecule has 2 aromatic rings. The number of nitrogens with zero attached hydrogens (tertiary/aromatic N) is 2. The summed E-state index contributed by atoms with van der Waals surface area (Å²) in [5.41, 5.74) is 10.5. The first-order valence-electron chi connectivity index (χ1n) is 7.06. The molecule has 13 heteroatoms. The van der Waals surface area contributed by atoms with Crippen molar-refractivity contribution in [3.05, 3.63) is 64.6 Å². The van der Waals surface area contributed by atoms with E-state index in [1.165, 1.54) is 12.1 Å². The summed E-state index contributed by atoms with van der Waals surface area (Å²) >= 11 is 6.10. The van der Waals surface area contributed by atoms with Gasteiger partial charge >= 0.3 is 0 Å². The van der Waals surface area contributed by atoms with Gasteiger partial charge in [0.2, 0.25) is 0 Å². The Hall–Kier alpha value is -2.25. The summed E-state index contributed by atoms with van der Waals surface area (Å²) < 4.78 is 25.6. The van der Waals surface area contributed by atoms with Gasteiger partial charge in [-0.1, -0.05) is 0 Å². The van der Waals surface area contributed by atoms with E-state index in [0.29, 0.717) is 0 Å². The topological polar surface area (TPSA) is 172 Å². The molecule has 0 heterocycles. The summed E-state index contributed by atoms with van der Waals surface area (Å²) in [6, 6.07) is 4.59. The van der Waals surface area contributed by atoms with Crippen LogP contribution >= 0.6 is 31.9 Å². The van der Waals surface area contributed by atoms with Crippen molar-refractivity contribution in [2.24, 2.45) is 0 Å². The Morgan fingerprint density at radius 2 is 1.15 bits per heavy atom. The summed E-state index contributed by atoms with van der Waals surface area (Å²) in [7, 11) is -4.01. The van der Waals surface area contributed by atoms with Crippen molar-refractivity contribution < 1.29 is 18.3 Å². The van der Waals surface area contributed by atoms with Gasteiger partial charge in [0.1, 0.15) is 0 Å². The van der Waals surface area contributed by atoms with Crippen molar-refractivity contribution in [2.45, 2.75) is 11.5 Å². The molecule has 0 amide bonds. The average molecular weight is 524 g/mol. The highest BCUT2D eigenvalue weighted by Crippen LogP contribution is 2.33. The minimum atomic E-state index is -4.01. The molecule has 0 aromatic heterocycles. The van der Waals surface area contributed by atoms with Crippen molar-refractivity contribution in [3.63, 3.8) is 0 Å². The van der Waals surface area contributed by atoms with Crippen LogP contribution in [0.25, 0.3) is 0 Å². The zero-order valence-electron chi connectivity index (χ0n) is 13.4. The van der Waals surface area contributed by atoms with E-state index in [1.54, 1.807) is 0 Å². The molecule has 0 fully saturated rings. The van der Waals surface area contributed by atoms with E-state index in [-0.39, 0.29) is 31.4 Å². The van der Waals surface area contributed by atoms with E-state index >= 15 is 0 Å². The van der Waals surface area contributed by atoms with Gasteiger partial charge in [-0.05, 0) is 44.0 Å². The molecule has 0 unspecified atom stereocenters. The first-order chi connectivity index (χ1) is 12.4. The highest BCUT2D eigenvalue weighted by Gasteiger charge is 2.26. The molecule has 0 saturated heterocycles. The first-order valence-corrected chi connectivity index (χ1v) is 10.5. The molecule has 10 nitrogen and oxygen atoms in total. The number of nitrogen functional groups attached to an aromatic ring is 2. The molecule has 0 aliphatic rings. The van der Waals surface area contributed by atoms with Crippen molar-refractivity contribution >= 4 is 64.4 Å². The van der Waals surface area contributed by atoms with Crippen LogP contribution in [-0.2, 0) is 21.3 Å². The molecule has 4 N–H and O–H groups in total. The number of hydrogen-bond acceptors (Lipinski definition) is 8. The third-order valence-corrected chi connectivity index (χ3v) is 6.42. The number of nitro benzene ring substituents is 2. The highest BCUT2D eigenvalue weighted by atomic mass is 79.9. The zero-order valence-corrected chi connectivity index (χ0v) is 17.4. The van der Waals surface area contributed by atoms with E-state index in [4.69, 9.17) is 11.5 Å². The Morgan fingerprint density at radius 1 is 0.815 bits per heavy atom. The lowest BCUT2D eigenvalue weighted by atomic mass is 10.2. The normalized spacial score (nSPS) is 11.3. The summed E-state index contributed by atoms with van der Waals surface area (Å²) in [6.07, 6.45) is 0. The molecule has 2 rings (SSSR count). The van der Waals surface area contributed by atoms with Crippen LogP contribution in [0.4, 0.5) is 22.7 Å². The Kier molecular flexibility index (Phi) is 6.07. The number of halogens is 2. The van der Waals surface area contributed by atoms with Gasteiger partial charge in [0, 0.05) is 43.6 Å². The Bertz CT molecular complexity index is 981. The van der Waals surface area contributed by atoms with E-state index in [9.17, 15) is 28.6 Å². The molecule has 0 atom stereocenters. The van der Waals surface area contributed by atoms with E-state index in [0.717, 1.165) is 12.1 Å². The van der Waals surface area contributed by atoms with E-state index in [1.807, 2.05) is 0 Å². The fourth-order valence-corrected chi connectivity index (χ4v) is 4.52. The Morgan fingerprint density at radius 3 is 1.44 bits per heavy atom. The Balaban J connectivity index is 2.45. The van der Waals surface area contributed by atoms with Gasteiger partial charge in [-0.2, -0.15) is 0 Å². The van der Waals surface area contributed by atoms with Crippen LogP contribution in [0.5, 0.6) is 0 Å². The van der Waals surface area contributed by atoms with Crippen molar-refractivity contribution in [1.29, 1.82) is 0 Å². The molecular formula is C14H12Br2N4O6S. The van der Waals surface area contributed by atoms with E-state index in [2.05, 4.69) is 31.9 Å². The number of sulfone groups is 1. The van der Waals surface area contributed by atoms with Crippen LogP contribution in [0.2, 0.25) is 0 Å². The molecule has 0 bridgehead atoms. The number of nitrogens with two attached hydrogens (primary N) is 2. The molecule has 0 spiro atoms. The van der Waals surface area contributed by atoms with Crippen LogP contribution in [-0.4, -0.2) is 18.3 Å². The van der Waals surface area contributed by atoms with Crippen molar-refractivity contribution in [3.8, 4) is 0 Å². The van der Waals surface area contributed by atoms with Gasteiger partial charge in [-0.3, -0.25) is 20.2 Å². The first kappa shape index (κ1) is 21.1. The molecule has 0 radical (unpaired) electrons. The van der Waals surface area contributed by atoms with Crippen LogP contribution in [0.15, 0.2) is 33.2 Å². The third-order valence-electron chi connectivity index (χ3n) is 3.54. The lowest BCUT2D eigenvalue weighted by Gasteiger charge is -2.09. The van der Waals surface area contributed by atoms with Crippen LogP contribution < -0.4 is 11.5 Å². The number of rotatable bonds is 6. The third kappa shape index (κ3) is 4.93. The van der Waals surface area contributed by atoms with Gasteiger partial charge in [-0.15, -0.1) is 0 Å². The maximum absolute atomic E-state index is 12.6. The summed E-state index contributed by atoms with van der Waals surface area (Å²) in [5.74, 6) is -1.43. The number of nitro groups is 2. The molecule has 2 aromatic carbocycles. The standard InChI is InChI=1S/C14H12Br2N4O6S/c15-9-3-13(19(21)22)7(1-11(9)17)5-27(25,26)6-8-2-12(18)10(16)4-14(8)20(23)24/h1-4H,5-6,17-18H2. The summed E-state index contributed by atoms with van der Waals surface area (Å²) in [6.45, 7) is 0. The predicted molar refractivity (Wildman–Crippen MR) is 107 cm³/mol. The Labute approximate surface area is 170 Å². The van der Waals surface area contributed by atoms with Crippen molar-refractivity contribution in [1.82, 2.24) is 0 Å². The maximum Gasteiger partial charge on any atom is 0.274 e. The number of benzene rings is 2. The second kappa shape index (κ2) is 7.78. The zero-order chi connectivity index (χ0) is 20.5. The van der Waals surface area contributed by atoms with Gasteiger partial charge in [0.05, 0.1) is 21.4 Å². The molecule has 0 saturated carbocycles. The molecule has 27 heavy (non-hydrogen) atoms. The second-order valence-electron chi connectivity index (χ2n) is 5.55. The second-order valence-corrected chi connectivity index (χ2v) is 9.32. The fourth-order valence-electron chi connectivity index (χ4n) is 2.35. The average Bonchev–Trinajstić information content (AvgIpc) is 2.52. The van der Waals surface area contributed by atoms with Gasteiger partial charge in [-0.25, -0.2) is 8.42 Å². The van der Waals surface area contributed by atoms with Gasteiger partial charge in [0.15, 0.2) is 9.84 Å². The molecule has 0 aliphatic heterocycles. The highest BCUT2D eigenvalue weighted by molar-refractivity contribution is 9.11. The predicted octanol–water partition coefficient (Wildman–Crippen LogP) is 3.31. The lowest BCUT2D eigenvalue weighted by molar-refractivity contribution is -0.385. The van der Waals surface area contributed by atoms with Crippen LogP contribution in [0.1, 0.15) is 11.1 Å². The fraction of sp³-hybridized carbons (Fsp3) is 0.143. The number of hydrogen-bond donors (Lipinski definition) is 2. The van der Waals surface area contributed by atoms with Gasteiger partial charge < -0.3 is 11.5 Å².